The molecule has 11 nitrogen and oxygen atoms in total. The van der Waals surface area contributed by atoms with Crippen molar-refractivity contribution in [2.75, 3.05) is 38.8 Å². The smallest absolute Gasteiger partial charge is 0.414 e. The molecular formula is C44H45Cl2N3O8. The van der Waals surface area contributed by atoms with E-state index in [0.717, 1.165) is 49.3 Å². The number of piperidine rings is 3. The SMILES string of the molecule is COc1ccc([C@H](Cc2c(Cl)c[nH+]cc2Cl)OC(=O)c2cccc(COc3ccc(CN(C(=O)O[C@H]4CN5CCC4CC5)c4ccccc4)cc3)c2)cc1OC.[OH-]. The molecule has 298 valence electrons. The monoisotopic (exact) mass is 813 g/mol. The lowest BCUT2D eigenvalue weighted by Gasteiger charge is -2.44. The standard InChI is InChI=1S/C44H43Cl2N3O7.H2O/c1-52-39-16-13-32(22-41(39)53-2)40(23-36-37(45)24-47-25-38(36)46)55-43(50)33-8-6-7-30(21-33)28-54-35-14-11-29(12-15-35)26-49(34-9-4-3-5-10-34)44(51)56-42-27-48-19-17-31(42)18-20-48;/h3-16,21-22,24-25,31,40,42H,17-20,23,26-28H2,1-2H3;1H2/t40-,42-;/m0./s1. The van der Waals surface area contributed by atoms with Gasteiger partial charge in [-0.05, 0) is 97.1 Å². The number of methoxy groups -OCH3 is 2. The normalized spacial score (nSPS) is 17.4. The fourth-order valence-corrected chi connectivity index (χ4v) is 7.80. The predicted molar refractivity (Wildman–Crippen MR) is 216 cm³/mol. The number of carbonyl (C=O) groups is 2. The van der Waals surface area contributed by atoms with Crippen molar-refractivity contribution in [1.29, 1.82) is 0 Å². The van der Waals surface area contributed by atoms with Gasteiger partial charge in [0, 0.05) is 24.2 Å². The third-order valence-electron chi connectivity index (χ3n) is 10.4. The fraction of sp³-hybridized carbons (Fsp3) is 0.295. The van der Waals surface area contributed by atoms with Crippen molar-refractivity contribution in [3.05, 3.63) is 147 Å². The van der Waals surface area contributed by atoms with Crippen LogP contribution in [-0.2, 0) is 29.0 Å². The molecule has 0 aliphatic carbocycles. The first-order chi connectivity index (χ1) is 27.3. The number of carbonyl (C=O) groups excluding carboxylic acids is 2. The molecule has 57 heavy (non-hydrogen) atoms. The lowest BCUT2D eigenvalue weighted by atomic mass is 9.86. The summed E-state index contributed by atoms with van der Waals surface area (Å²) in [6.07, 6.45) is 4.44. The Morgan fingerprint density at radius 1 is 0.842 bits per heavy atom. The number of amides is 1. The van der Waals surface area contributed by atoms with Crippen molar-refractivity contribution < 1.29 is 43.7 Å². The zero-order valence-corrected chi connectivity index (χ0v) is 33.2. The van der Waals surface area contributed by atoms with Gasteiger partial charge in [0.05, 0.1) is 26.3 Å². The van der Waals surface area contributed by atoms with Crippen LogP contribution in [-0.4, -0.2) is 62.4 Å². The number of benzene rings is 4. The number of rotatable bonds is 14. The Bertz CT molecular complexity index is 2110. The number of H-pyrrole nitrogens is 1. The summed E-state index contributed by atoms with van der Waals surface area (Å²) in [6.45, 7) is 3.52. The minimum absolute atomic E-state index is 0. The molecule has 0 unspecified atom stereocenters. The van der Waals surface area contributed by atoms with Crippen molar-refractivity contribution in [3.8, 4) is 17.2 Å². The largest absolute Gasteiger partial charge is 0.870 e. The molecule has 0 saturated carbocycles. The van der Waals surface area contributed by atoms with Crippen LogP contribution in [0.4, 0.5) is 10.5 Å². The van der Waals surface area contributed by atoms with Crippen molar-refractivity contribution in [3.63, 3.8) is 0 Å². The number of pyridine rings is 1. The summed E-state index contributed by atoms with van der Waals surface area (Å²) in [5, 5.41) is 0.837. The van der Waals surface area contributed by atoms with E-state index < -0.39 is 12.1 Å². The highest BCUT2D eigenvalue weighted by atomic mass is 35.5. The first-order valence-corrected chi connectivity index (χ1v) is 19.4. The molecule has 2 N–H and O–H groups in total. The van der Waals surface area contributed by atoms with Crippen molar-refractivity contribution in [1.82, 2.24) is 4.90 Å². The number of halogens is 2. The number of esters is 1. The number of nitrogens with zero attached hydrogens (tertiary/aromatic N) is 2. The predicted octanol–water partition coefficient (Wildman–Crippen LogP) is 8.61. The fourth-order valence-electron chi connectivity index (χ4n) is 7.27. The van der Waals surface area contributed by atoms with Crippen LogP contribution >= 0.6 is 23.2 Å². The van der Waals surface area contributed by atoms with E-state index in [-0.39, 0.29) is 30.7 Å². The Morgan fingerprint density at radius 3 is 2.23 bits per heavy atom. The Labute approximate surface area is 342 Å². The van der Waals surface area contributed by atoms with E-state index in [9.17, 15) is 9.59 Å². The van der Waals surface area contributed by atoms with Crippen LogP contribution in [0.15, 0.2) is 109 Å². The number of hydrogen-bond acceptors (Lipinski definition) is 9. The van der Waals surface area contributed by atoms with Gasteiger partial charge < -0.3 is 29.2 Å². The molecule has 5 aromatic rings. The summed E-state index contributed by atoms with van der Waals surface area (Å²) in [5.74, 6) is 1.57. The Kier molecular flexibility index (Phi) is 13.9. The average Bonchev–Trinajstić information content (AvgIpc) is 3.24. The van der Waals surface area contributed by atoms with E-state index >= 15 is 0 Å². The highest BCUT2D eigenvalue weighted by Crippen LogP contribution is 2.36. The summed E-state index contributed by atoms with van der Waals surface area (Å²) in [6, 6.07) is 29.7. The number of ether oxygens (including phenoxy) is 5. The molecule has 4 aromatic carbocycles. The van der Waals surface area contributed by atoms with Crippen molar-refractivity contribution in [2.24, 2.45) is 5.92 Å². The van der Waals surface area contributed by atoms with Gasteiger partial charge in [0.15, 0.2) is 23.9 Å². The minimum atomic E-state index is -0.752. The molecule has 3 aliphatic heterocycles. The van der Waals surface area contributed by atoms with Gasteiger partial charge in [-0.15, -0.1) is 0 Å². The number of aromatic amines is 1. The topological polar surface area (TPSA) is 131 Å². The number of nitrogens with one attached hydrogen (secondary N) is 1. The highest BCUT2D eigenvalue weighted by molar-refractivity contribution is 6.35. The zero-order valence-electron chi connectivity index (χ0n) is 31.7. The molecule has 3 aliphatic rings. The van der Waals surface area contributed by atoms with Crippen LogP contribution < -0.4 is 24.1 Å². The maximum Gasteiger partial charge on any atom is 0.414 e. The second-order valence-corrected chi connectivity index (χ2v) is 14.8. The average molecular weight is 815 g/mol. The van der Waals surface area contributed by atoms with E-state index in [1.807, 2.05) is 66.7 Å². The summed E-state index contributed by atoms with van der Waals surface area (Å²) in [7, 11) is 3.10. The summed E-state index contributed by atoms with van der Waals surface area (Å²) >= 11 is 13.0. The summed E-state index contributed by atoms with van der Waals surface area (Å²) in [4.78, 5) is 34.2. The summed E-state index contributed by atoms with van der Waals surface area (Å²) in [5.41, 5.74) is 4.15. The number of fused-ring (bicyclic) bond motifs is 3. The van der Waals surface area contributed by atoms with Crippen LogP contribution in [0, 0.1) is 5.92 Å². The van der Waals surface area contributed by atoms with Crippen LogP contribution in [0.5, 0.6) is 17.2 Å². The second-order valence-electron chi connectivity index (χ2n) is 14.0. The molecule has 8 rings (SSSR count). The van der Waals surface area contributed by atoms with Gasteiger partial charge in [0.2, 0.25) is 0 Å². The van der Waals surface area contributed by atoms with E-state index in [1.54, 1.807) is 61.8 Å². The number of hydrogen-bond donors (Lipinski definition) is 0. The van der Waals surface area contributed by atoms with Crippen LogP contribution in [0.1, 0.15) is 51.6 Å². The van der Waals surface area contributed by atoms with Crippen molar-refractivity contribution >= 4 is 41.0 Å². The Morgan fingerprint density at radius 2 is 1.56 bits per heavy atom. The van der Waals surface area contributed by atoms with Gasteiger partial charge in [-0.1, -0.05) is 71.7 Å². The summed E-state index contributed by atoms with van der Waals surface area (Å²) < 4.78 is 29.3. The lowest BCUT2D eigenvalue weighted by molar-refractivity contribution is -0.377. The van der Waals surface area contributed by atoms with Crippen LogP contribution in [0.25, 0.3) is 0 Å². The van der Waals surface area contributed by atoms with E-state index in [4.69, 9.17) is 46.9 Å². The van der Waals surface area contributed by atoms with Crippen LogP contribution in [0.3, 0.4) is 0 Å². The third kappa shape index (κ3) is 10.2. The van der Waals surface area contributed by atoms with Gasteiger partial charge in [-0.2, -0.15) is 0 Å². The lowest BCUT2D eigenvalue weighted by Crippen LogP contribution is -2.53. The maximum absolute atomic E-state index is 13.7. The maximum atomic E-state index is 13.7. The minimum Gasteiger partial charge on any atom is -0.870 e. The molecule has 2 atom stereocenters. The molecule has 0 radical (unpaired) electrons. The molecule has 1 aromatic heterocycles. The quantitative estimate of drug-likeness (QED) is 0.101. The van der Waals surface area contributed by atoms with Crippen LogP contribution in [0.2, 0.25) is 10.0 Å². The molecule has 0 spiro atoms. The molecular weight excluding hydrogens is 769 g/mol. The number of aromatic nitrogens is 1. The van der Waals surface area contributed by atoms with E-state index in [1.165, 1.54) is 0 Å². The third-order valence-corrected chi connectivity index (χ3v) is 11.1. The number of para-hydroxylation sites is 1. The highest BCUT2D eigenvalue weighted by Gasteiger charge is 2.37. The molecule has 13 heteroatoms. The van der Waals surface area contributed by atoms with Gasteiger partial charge in [-0.25, -0.2) is 14.6 Å². The van der Waals surface area contributed by atoms with Gasteiger partial charge >= 0.3 is 12.1 Å². The van der Waals surface area contributed by atoms with Gasteiger partial charge in [-0.3, -0.25) is 9.80 Å². The molecule has 3 fully saturated rings. The molecule has 4 heterocycles. The first-order valence-electron chi connectivity index (χ1n) is 18.6. The van der Waals surface area contributed by atoms with Gasteiger partial charge in [0.1, 0.15) is 34.6 Å². The first kappa shape index (κ1) is 41.3. The zero-order chi connectivity index (χ0) is 39.0. The Hall–Kier alpha value is -5.33. The van der Waals surface area contributed by atoms with E-state index in [2.05, 4.69) is 9.88 Å². The van der Waals surface area contributed by atoms with E-state index in [0.29, 0.717) is 56.4 Å². The Balaban J connectivity index is 0.00000549. The second kappa shape index (κ2) is 19.2. The molecule has 2 bridgehead atoms. The van der Waals surface area contributed by atoms with Gasteiger partial charge in [0.25, 0.3) is 0 Å². The van der Waals surface area contributed by atoms with Crippen molar-refractivity contribution in [2.45, 2.75) is 44.6 Å². The molecule has 3 saturated heterocycles. The number of anilines is 1. The molecule has 1 amide bonds.